The van der Waals surface area contributed by atoms with Crippen molar-refractivity contribution in [2.75, 3.05) is 28.5 Å². The van der Waals surface area contributed by atoms with Crippen molar-refractivity contribution >= 4 is 27.4 Å². The molecule has 1 aliphatic heterocycles. The molecule has 0 saturated heterocycles. The average Bonchev–Trinajstić information content (AvgIpc) is 2.96. The Hall–Kier alpha value is -1.76. The minimum atomic E-state index is -3.30. The molecule has 2 N–H and O–H groups in total. The van der Waals surface area contributed by atoms with Crippen LogP contribution in [0.3, 0.4) is 0 Å². The van der Waals surface area contributed by atoms with Gasteiger partial charge >= 0.3 is 6.03 Å². The summed E-state index contributed by atoms with van der Waals surface area (Å²) in [5.74, 6) is 0.693. The van der Waals surface area contributed by atoms with Crippen LogP contribution in [0.15, 0.2) is 18.2 Å². The summed E-state index contributed by atoms with van der Waals surface area (Å²) in [6.07, 6.45) is 3.13. The van der Waals surface area contributed by atoms with E-state index in [1.807, 2.05) is 19.1 Å². The van der Waals surface area contributed by atoms with Gasteiger partial charge in [-0.1, -0.05) is 33.3 Å². The highest BCUT2D eigenvalue weighted by Crippen LogP contribution is 2.33. The van der Waals surface area contributed by atoms with Crippen LogP contribution in [0.25, 0.3) is 0 Å². The second-order valence-electron chi connectivity index (χ2n) is 6.90. The Kier molecular flexibility index (Phi) is 6.70. The topological polar surface area (TPSA) is 78.5 Å². The molecule has 1 heterocycles. The van der Waals surface area contributed by atoms with Crippen LogP contribution in [-0.4, -0.2) is 33.3 Å². The van der Waals surface area contributed by atoms with Crippen molar-refractivity contribution in [1.29, 1.82) is 0 Å². The number of carbonyl (C=O) groups is 1. The van der Waals surface area contributed by atoms with Crippen molar-refractivity contribution in [3.8, 4) is 0 Å². The molecule has 1 aliphatic rings. The highest BCUT2D eigenvalue weighted by Gasteiger charge is 2.29. The lowest BCUT2D eigenvalue weighted by Crippen LogP contribution is -2.32. The molecule has 0 bridgehead atoms. The molecule has 25 heavy (non-hydrogen) atoms. The molecule has 1 aromatic rings. The number of urea groups is 1. The van der Waals surface area contributed by atoms with Gasteiger partial charge in [-0.15, -0.1) is 0 Å². The van der Waals surface area contributed by atoms with Gasteiger partial charge < -0.3 is 10.6 Å². The van der Waals surface area contributed by atoms with Gasteiger partial charge in [0.2, 0.25) is 10.0 Å². The smallest absolute Gasteiger partial charge is 0.319 e. The summed E-state index contributed by atoms with van der Waals surface area (Å²) in [6.45, 7) is 7.28. The lowest BCUT2D eigenvalue weighted by Gasteiger charge is -2.20. The van der Waals surface area contributed by atoms with E-state index in [0.717, 1.165) is 18.4 Å². The zero-order chi connectivity index (χ0) is 18.4. The number of fused-ring (bicyclic) bond motifs is 1. The third-order valence-corrected chi connectivity index (χ3v) is 6.15. The summed E-state index contributed by atoms with van der Waals surface area (Å²) in [5.41, 5.74) is 2.31. The number of hydrogen-bond acceptors (Lipinski definition) is 3. The first kappa shape index (κ1) is 19.6. The van der Waals surface area contributed by atoms with E-state index < -0.39 is 10.0 Å². The van der Waals surface area contributed by atoms with Gasteiger partial charge in [-0.05, 0) is 42.9 Å². The van der Waals surface area contributed by atoms with E-state index in [2.05, 4.69) is 24.5 Å². The number of nitrogens with zero attached hydrogens (tertiary/aromatic N) is 1. The highest BCUT2D eigenvalue weighted by atomic mass is 32.2. The molecule has 2 amide bonds. The van der Waals surface area contributed by atoms with E-state index in [-0.39, 0.29) is 11.8 Å². The Bertz CT molecular complexity index is 702. The van der Waals surface area contributed by atoms with E-state index in [1.165, 1.54) is 4.31 Å². The van der Waals surface area contributed by atoms with Crippen LogP contribution < -0.4 is 14.9 Å². The summed E-state index contributed by atoms with van der Waals surface area (Å²) >= 11 is 0. The monoisotopic (exact) mass is 367 g/mol. The van der Waals surface area contributed by atoms with Gasteiger partial charge in [0.1, 0.15) is 0 Å². The van der Waals surface area contributed by atoms with Crippen LogP contribution in [0.2, 0.25) is 0 Å². The van der Waals surface area contributed by atoms with Crippen LogP contribution in [0.4, 0.5) is 16.2 Å². The Morgan fingerprint density at radius 2 is 2.08 bits per heavy atom. The van der Waals surface area contributed by atoms with Crippen molar-refractivity contribution < 1.29 is 13.2 Å². The Labute approximate surface area is 151 Å². The number of carbonyl (C=O) groups excluding carboxylic acids is 1. The zero-order valence-corrected chi connectivity index (χ0v) is 16.2. The first-order valence-electron chi connectivity index (χ1n) is 9.01. The van der Waals surface area contributed by atoms with E-state index in [1.54, 1.807) is 6.07 Å². The van der Waals surface area contributed by atoms with Crippen LogP contribution >= 0.6 is 0 Å². The number of anilines is 2. The van der Waals surface area contributed by atoms with E-state index >= 15 is 0 Å². The molecular formula is C18H29N3O3S. The number of hydrogen-bond donors (Lipinski definition) is 2. The van der Waals surface area contributed by atoms with Gasteiger partial charge in [-0.2, -0.15) is 0 Å². The molecule has 1 aromatic carbocycles. The van der Waals surface area contributed by atoms with Gasteiger partial charge in [0, 0.05) is 18.8 Å². The van der Waals surface area contributed by atoms with Gasteiger partial charge in [0.25, 0.3) is 0 Å². The molecule has 0 aliphatic carbocycles. The van der Waals surface area contributed by atoms with Crippen molar-refractivity contribution in [2.24, 2.45) is 5.92 Å². The maximum Gasteiger partial charge on any atom is 0.319 e. The predicted octanol–water partition coefficient (Wildman–Crippen LogP) is 3.35. The number of nitrogens with one attached hydrogen (secondary N) is 2. The van der Waals surface area contributed by atoms with Gasteiger partial charge in [0.05, 0.1) is 11.4 Å². The fourth-order valence-corrected chi connectivity index (χ4v) is 4.52. The maximum absolute atomic E-state index is 12.5. The van der Waals surface area contributed by atoms with Crippen LogP contribution in [0.5, 0.6) is 0 Å². The number of sulfonamides is 1. The Morgan fingerprint density at radius 3 is 2.76 bits per heavy atom. The molecule has 0 spiro atoms. The highest BCUT2D eigenvalue weighted by molar-refractivity contribution is 7.92. The second kappa shape index (κ2) is 8.56. The average molecular weight is 368 g/mol. The lowest BCUT2D eigenvalue weighted by molar-refractivity contribution is 0.251. The van der Waals surface area contributed by atoms with E-state index in [0.29, 0.717) is 43.2 Å². The number of amides is 2. The zero-order valence-electron chi connectivity index (χ0n) is 15.3. The standard InChI is InChI=1S/C18H29N3O3S/c1-4-5-12-25(23,24)21-11-9-15-6-7-16(13-17(15)21)20-18(22)19-10-8-14(2)3/h6-7,13-14H,4-5,8-12H2,1-3H3,(H2,19,20,22). The molecule has 140 valence electrons. The quantitative estimate of drug-likeness (QED) is 0.739. The second-order valence-corrected chi connectivity index (χ2v) is 8.91. The molecule has 0 fully saturated rings. The molecule has 0 radical (unpaired) electrons. The van der Waals surface area contributed by atoms with E-state index in [9.17, 15) is 13.2 Å². The molecule has 6 nitrogen and oxygen atoms in total. The Morgan fingerprint density at radius 1 is 1.32 bits per heavy atom. The number of unbranched alkanes of at least 4 members (excludes halogenated alkanes) is 1. The number of benzene rings is 1. The molecule has 0 saturated carbocycles. The summed E-state index contributed by atoms with van der Waals surface area (Å²) in [7, 11) is -3.30. The first-order valence-corrected chi connectivity index (χ1v) is 10.6. The molecule has 7 heteroatoms. The van der Waals surface area contributed by atoms with Crippen molar-refractivity contribution in [3.63, 3.8) is 0 Å². The van der Waals surface area contributed by atoms with Crippen LogP contribution in [0, 0.1) is 5.92 Å². The third kappa shape index (κ3) is 5.36. The summed E-state index contributed by atoms with van der Waals surface area (Å²) in [5, 5.41) is 5.61. The third-order valence-electron chi connectivity index (χ3n) is 4.29. The molecule has 2 rings (SSSR count). The molecule has 0 unspecified atom stereocenters. The fraction of sp³-hybridized carbons (Fsp3) is 0.611. The fourth-order valence-electron chi connectivity index (χ4n) is 2.80. The normalized spacial score (nSPS) is 13.8. The van der Waals surface area contributed by atoms with Crippen molar-refractivity contribution in [1.82, 2.24) is 5.32 Å². The Balaban J connectivity index is 2.05. The van der Waals surface area contributed by atoms with Crippen LogP contribution in [0.1, 0.15) is 45.6 Å². The molecule has 0 atom stereocenters. The van der Waals surface area contributed by atoms with Crippen LogP contribution in [-0.2, 0) is 16.4 Å². The van der Waals surface area contributed by atoms with Crippen molar-refractivity contribution in [2.45, 2.75) is 46.5 Å². The minimum Gasteiger partial charge on any atom is -0.338 e. The molecule has 0 aromatic heterocycles. The SMILES string of the molecule is CCCCS(=O)(=O)N1CCc2ccc(NC(=O)NCCC(C)C)cc21. The summed E-state index contributed by atoms with van der Waals surface area (Å²) in [4.78, 5) is 12.0. The largest absolute Gasteiger partial charge is 0.338 e. The first-order chi connectivity index (χ1) is 11.8. The predicted molar refractivity (Wildman–Crippen MR) is 103 cm³/mol. The molecular weight excluding hydrogens is 338 g/mol. The van der Waals surface area contributed by atoms with E-state index in [4.69, 9.17) is 0 Å². The van der Waals surface area contributed by atoms with Gasteiger partial charge in [-0.3, -0.25) is 4.31 Å². The lowest BCUT2D eigenvalue weighted by atomic mass is 10.1. The maximum atomic E-state index is 12.5. The summed E-state index contributed by atoms with van der Waals surface area (Å²) in [6, 6.07) is 5.21. The summed E-state index contributed by atoms with van der Waals surface area (Å²) < 4.78 is 26.5. The van der Waals surface area contributed by atoms with Gasteiger partial charge in [0.15, 0.2) is 0 Å². The number of rotatable bonds is 8. The minimum absolute atomic E-state index is 0.163. The van der Waals surface area contributed by atoms with Gasteiger partial charge in [-0.25, -0.2) is 13.2 Å². The van der Waals surface area contributed by atoms with Crippen molar-refractivity contribution in [3.05, 3.63) is 23.8 Å².